The molecule has 3 aromatic rings. The normalized spacial score (nSPS) is 18.7. The van der Waals surface area contributed by atoms with E-state index in [1.807, 2.05) is 49.1 Å². The molecule has 0 bridgehead atoms. The maximum Gasteiger partial charge on any atom is 0.251 e. The maximum absolute atomic E-state index is 13.7. The molecule has 0 aromatic heterocycles. The first-order chi connectivity index (χ1) is 21.7. The van der Waals surface area contributed by atoms with Gasteiger partial charge in [-0.15, -0.1) is 0 Å². The van der Waals surface area contributed by atoms with Gasteiger partial charge in [-0.3, -0.25) is 20.4 Å². The van der Waals surface area contributed by atoms with Gasteiger partial charge in [0, 0.05) is 54.7 Å². The van der Waals surface area contributed by atoms with Crippen LogP contribution in [0.15, 0.2) is 72.8 Å². The van der Waals surface area contributed by atoms with Crippen LogP contribution >= 0.6 is 11.8 Å². The number of carbonyl (C=O) groups excluding carboxylic acids is 2. The molecule has 0 unspecified atom stereocenters. The molecule has 0 radical (unpaired) electrons. The largest absolute Gasteiger partial charge is 0.457 e. The lowest BCUT2D eigenvalue weighted by Crippen LogP contribution is -2.50. The molecule has 2 amide bonds. The average molecular weight is 626 g/mol. The monoisotopic (exact) mass is 625 g/mol. The van der Waals surface area contributed by atoms with E-state index in [1.165, 1.54) is 5.56 Å². The van der Waals surface area contributed by atoms with Crippen molar-refractivity contribution in [3.63, 3.8) is 0 Å². The van der Waals surface area contributed by atoms with Gasteiger partial charge in [0.2, 0.25) is 5.91 Å². The molecule has 2 fully saturated rings. The molecule has 0 spiro atoms. The SMILES string of the molecule is CC(C)C(=N)SC(=N)c1ccc(Oc2cc(C(=O)N[C@@H]3CCN(C)C[C@@H]3Cc3ccccc3)ccc2CN2CCCC2=O)cc1. The van der Waals surface area contributed by atoms with Crippen molar-refractivity contribution in [1.82, 2.24) is 15.1 Å². The van der Waals surface area contributed by atoms with E-state index in [0.717, 1.165) is 49.7 Å². The number of hydrogen-bond donors (Lipinski definition) is 3. The second-order valence-electron chi connectivity index (χ2n) is 12.4. The third-order valence-corrected chi connectivity index (χ3v) is 9.67. The van der Waals surface area contributed by atoms with E-state index in [0.29, 0.717) is 58.1 Å². The zero-order chi connectivity index (χ0) is 31.9. The summed E-state index contributed by atoms with van der Waals surface area (Å²) in [7, 11) is 2.13. The number of hydrogen-bond acceptors (Lipinski definition) is 7. The smallest absolute Gasteiger partial charge is 0.251 e. The predicted octanol–water partition coefficient (Wildman–Crippen LogP) is 6.59. The van der Waals surface area contributed by atoms with Gasteiger partial charge in [0.1, 0.15) is 16.5 Å². The number of thioether (sulfide) groups is 1. The summed E-state index contributed by atoms with van der Waals surface area (Å²) < 4.78 is 6.36. The molecule has 3 aromatic carbocycles. The zero-order valence-electron chi connectivity index (χ0n) is 26.3. The lowest BCUT2D eigenvalue weighted by Gasteiger charge is -2.37. The maximum atomic E-state index is 13.7. The molecule has 0 saturated carbocycles. The standard InChI is InChI=1S/C36H43N5O3S/c1-24(2)34(37)45-35(38)26-13-15-30(16-14-26)44-32-21-27(11-12-28(32)23-41-18-7-10-33(41)42)36(43)39-31-17-19-40(3)22-29(31)20-25-8-5-4-6-9-25/h4-6,8-9,11-16,21,24,29,31,37-38H,7,10,17-20,22-23H2,1-3H3,(H,39,43)/t29-,31+/m0/s1. The number of nitrogens with zero attached hydrogens (tertiary/aromatic N) is 2. The second kappa shape index (κ2) is 14.9. The van der Waals surface area contributed by atoms with Gasteiger partial charge in [0.25, 0.3) is 5.91 Å². The number of amides is 2. The highest BCUT2D eigenvalue weighted by molar-refractivity contribution is 8.26. The number of nitrogens with one attached hydrogen (secondary N) is 3. The number of piperidine rings is 1. The van der Waals surface area contributed by atoms with E-state index in [4.69, 9.17) is 15.6 Å². The first-order valence-electron chi connectivity index (χ1n) is 15.7. The van der Waals surface area contributed by atoms with Crippen LogP contribution in [0.25, 0.3) is 0 Å². The van der Waals surface area contributed by atoms with Gasteiger partial charge >= 0.3 is 0 Å². The lowest BCUT2D eigenvalue weighted by molar-refractivity contribution is -0.128. The van der Waals surface area contributed by atoms with Crippen LogP contribution in [-0.4, -0.2) is 64.4 Å². The fraction of sp³-hybridized carbons (Fsp3) is 0.389. The Morgan fingerprint density at radius 2 is 1.76 bits per heavy atom. The first kappa shape index (κ1) is 32.4. The van der Waals surface area contributed by atoms with Gasteiger partial charge in [-0.1, -0.05) is 62.0 Å². The summed E-state index contributed by atoms with van der Waals surface area (Å²) in [6.45, 7) is 6.86. The third kappa shape index (κ3) is 8.61. The number of benzene rings is 3. The lowest BCUT2D eigenvalue weighted by atomic mass is 9.86. The molecule has 2 saturated heterocycles. The summed E-state index contributed by atoms with van der Waals surface area (Å²) in [5.74, 6) is 1.46. The highest BCUT2D eigenvalue weighted by Gasteiger charge is 2.30. The summed E-state index contributed by atoms with van der Waals surface area (Å²) in [4.78, 5) is 30.3. The van der Waals surface area contributed by atoms with Crippen LogP contribution in [0.3, 0.4) is 0 Å². The average Bonchev–Trinajstić information content (AvgIpc) is 3.43. The van der Waals surface area contributed by atoms with E-state index in [-0.39, 0.29) is 23.8 Å². The molecule has 45 heavy (non-hydrogen) atoms. The number of likely N-dealkylation sites (tertiary alicyclic amines) is 2. The minimum absolute atomic E-state index is 0.0538. The molecular weight excluding hydrogens is 582 g/mol. The molecule has 3 N–H and O–H groups in total. The van der Waals surface area contributed by atoms with Crippen molar-refractivity contribution in [2.75, 3.05) is 26.7 Å². The summed E-state index contributed by atoms with van der Waals surface area (Å²) >= 11 is 1.15. The van der Waals surface area contributed by atoms with Crippen LogP contribution in [0.1, 0.15) is 60.2 Å². The van der Waals surface area contributed by atoms with Crippen molar-refractivity contribution in [3.05, 3.63) is 95.1 Å². The zero-order valence-corrected chi connectivity index (χ0v) is 27.2. The molecule has 8 nitrogen and oxygen atoms in total. The van der Waals surface area contributed by atoms with Crippen molar-refractivity contribution in [3.8, 4) is 11.5 Å². The minimum Gasteiger partial charge on any atom is -0.457 e. The highest BCUT2D eigenvalue weighted by Crippen LogP contribution is 2.30. The molecule has 0 aliphatic carbocycles. The molecular formula is C36H43N5O3S. The minimum atomic E-state index is -0.135. The number of carbonyl (C=O) groups is 2. The Bertz CT molecular complexity index is 1530. The van der Waals surface area contributed by atoms with Crippen LogP contribution in [-0.2, 0) is 17.8 Å². The molecule has 2 aliphatic rings. The van der Waals surface area contributed by atoms with E-state index >= 15 is 0 Å². The van der Waals surface area contributed by atoms with Crippen molar-refractivity contribution in [2.45, 2.75) is 52.1 Å². The molecule has 2 heterocycles. The van der Waals surface area contributed by atoms with E-state index in [2.05, 4.69) is 41.5 Å². The van der Waals surface area contributed by atoms with Crippen molar-refractivity contribution < 1.29 is 14.3 Å². The van der Waals surface area contributed by atoms with E-state index in [1.54, 1.807) is 18.2 Å². The van der Waals surface area contributed by atoms with Crippen LogP contribution < -0.4 is 10.1 Å². The molecule has 2 atom stereocenters. The quantitative estimate of drug-likeness (QED) is 0.174. The topological polar surface area (TPSA) is 110 Å². The molecule has 9 heteroatoms. The van der Waals surface area contributed by atoms with Crippen molar-refractivity contribution >= 4 is 33.7 Å². The van der Waals surface area contributed by atoms with Crippen LogP contribution in [0.4, 0.5) is 0 Å². The highest BCUT2D eigenvalue weighted by atomic mass is 32.2. The third-order valence-electron chi connectivity index (χ3n) is 8.54. The Labute approximate surface area is 270 Å². The Hall–Kier alpha value is -3.95. The summed E-state index contributed by atoms with van der Waals surface area (Å²) in [5, 5.41) is 20.6. The van der Waals surface area contributed by atoms with Crippen LogP contribution in [0, 0.1) is 22.7 Å². The Kier molecular flexibility index (Phi) is 10.7. The molecule has 5 rings (SSSR count). The fourth-order valence-electron chi connectivity index (χ4n) is 5.87. The van der Waals surface area contributed by atoms with Gasteiger partial charge in [-0.05, 0) is 80.7 Å². The van der Waals surface area contributed by atoms with Gasteiger partial charge in [-0.2, -0.15) is 0 Å². The van der Waals surface area contributed by atoms with Gasteiger partial charge < -0.3 is 19.9 Å². The van der Waals surface area contributed by atoms with Gasteiger partial charge in [0.15, 0.2) is 0 Å². The summed E-state index contributed by atoms with van der Waals surface area (Å²) in [5.41, 5.74) is 3.32. The van der Waals surface area contributed by atoms with Gasteiger partial charge in [0.05, 0.1) is 5.04 Å². The van der Waals surface area contributed by atoms with Crippen molar-refractivity contribution in [2.24, 2.45) is 11.8 Å². The van der Waals surface area contributed by atoms with Crippen molar-refractivity contribution in [1.29, 1.82) is 10.8 Å². The summed E-state index contributed by atoms with van der Waals surface area (Å²) in [6.07, 6.45) is 3.18. The van der Waals surface area contributed by atoms with Crippen LogP contribution in [0.2, 0.25) is 0 Å². The Balaban J connectivity index is 1.34. The van der Waals surface area contributed by atoms with Crippen LogP contribution in [0.5, 0.6) is 11.5 Å². The second-order valence-corrected chi connectivity index (χ2v) is 13.5. The van der Waals surface area contributed by atoms with Gasteiger partial charge in [-0.25, -0.2) is 0 Å². The van der Waals surface area contributed by atoms with E-state index < -0.39 is 0 Å². The molecule has 236 valence electrons. The Morgan fingerprint density at radius 3 is 2.44 bits per heavy atom. The predicted molar refractivity (Wildman–Crippen MR) is 182 cm³/mol. The fourth-order valence-corrected chi connectivity index (χ4v) is 6.58. The first-order valence-corrected chi connectivity index (χ1v) is 16.5. The Morgan fingerprint density at radius 1 is 1.02 bits per heavy atom. The number of rotatable bonds is 10. The number of ether oxygens (including phenoxy) is 1. The summed E-state index contributed by atoms with van der Waals surface area (Å²) in [6, 6.07) is 23.2. The molecule has 2 aliphatic heterocycles. The van der Waals surface area contributed by atoms with E-state index in [9.17, 15) is 9.59 Å².